The number of carbonyl (C=O) groups excluding carboxylic acids is 1. The van der Waals surface area contributed by atoms with Crippen molar-refractivity contribution in [2.45, 2.75) is 19.8 Å². The van der Waals surface area contributed by atoms with Gasteiger partial charge in [0.2, 0.25) is 0 Å². The lowest BCUT2D eigenvalue weighted by Crippen LogP contribution is -2.24. The number of anilines is 1. The van der Waals surface area contributed by atoms with Gasteiger partial charge in [0.15, 0.2) is 0 Å². The van der Waals surface area contributed by atoms with Crippen molar-refractivity contribution in [1.29, 1.82) is 0 Å². The molecule has 0 N–H and O–H groups in total. The number of pyridine rings is 1. The highest BCUT2D eigenvalue weighted by molar-refractivity contribution is 5.88. The van der Waals surface area contributed by atoms with E-state index in [2.05, 4.69) is 18.8 Å². The molecule has 1 amide bonds. The number of aromatic nitrogens is 1. The van der Waals surface area contributed by atoms with Crippen LogP contribution in [0.3, 0.4) is 0 Å². The van der Waals surface area contributed by atoms with Crippen LogP contribution in [-0.4, -0.2) is 24.2 Å². The van der Waals surface area contributed by atoms with Gasteiger partial charge in [-0.25, -0.2) is 9.78 Å². The molecule has 4 nitrogen and oxygen atoms in total. The minimum atomic E-state index is -0.302. The second-order valence-electron chi connectivity index (χ2n) is 3.87. The average Bonchev–Trinajstić information content (AvgIpc) is 2.64. The maximum absolute atomic E-state index is 11.3. The van der Waals surface area contributed by atoms with Gasteiger partial charge in [-0.05, 0) is 23.6 Å². The topological polar surface area (TPSA) is 42.4 Å². The summed E-state index contributed by atoms with van der Waals surface area (Å²) in [5, 5.41) is 0. The van der Waals surface area contributed by atoms with Crippen molar-refractivity contribution >= 4 is 11.9 Å². The molecule has 1 fully saturated rings. The number of cyclic esters (lactones) is 1. The fourth-order valence-electron chi connectivity index (χ4n) is 1.54. The first-order valence-electron chi connectivity index (χ1n) is 5.08. The molecule has 0 saturated carbocycles. The molecule has 2 heterocycles. The van der Waals surface area contributed by atoms with Gasteiger partial charge < -0.3 is 4.74 Å². The highest BCUT2D eigenvalue weighted by atomic mass is 16.6. The van der Waals surface area contributed by atoms with E-state index in [1.54, 1.807) is 11.1 Å². The molecule has 0 atom stereocenters. The maximum Gasteiger partial charge on any atom is 0.415 e. The van der Waals surface area contributed by atoms with Crippen molar-refractivity contribution in [3.8, 4) is 0 Å². The molecule has 0 spiro atoms. The van der Waals surface area contributed by atoms with E-state index >= 15 is 0 Å². The van der Waals surface area contributed by atoms with Gasteiger partial charge in [-0.15, -0.1) is 0 Å². The number of nitrogens with zero attached hydrogens (tertiary/aromatic N) is 2. The Hall–Kier alpha value is -1.58. The Balaban J connectivity index is 2.28. The minimum absolute atomic E-state index is 0.302. The number of hydrogen-bond donors (Lipinski definition) is 0. The van der Waals surface area contributed by atoms with Gasteiger partial charge in [0, 0.05) is 6.20 Å². The highest BCUT2D eigenvalue weighted by Crippen LogP contribution is 2.21. The van der Waals surface area contributed by atoms with Gasteiger partial charge in [-0.2, -0.15) is 0 Å². The van der Waals surface area contributed by atoms with Gasteiger partial charge >= 0.3 is 6.09 Å². The zero-order valence-corrected chi connectivity index (χ0v) is 8.93. The van der Waals surface area contributed by atoms with Crippen molar-refractivity contribution in [2.24, 2.45) is 0 Å². The minimum Gasteiger partial charge on any atom is -0.447 e. The molecule has 0 aromatic carbocycles. The van der Waals surface area contributed by atoms with Crippen molar-refractivity contribution < 1.29 is 9.53 Å². The maximum atomic E-state index is 11.3. The molecule has 1 aromatic rings. The van der Waals surface area contributed by atoms with E-state index in [0.717, 1.165) is 0 Å². The van der Waals surface area contributed by atoms with Gasteiger partial charge in [-0.3, -0.25) is 4.90 Å². The van der Waals surface area contributed by atoms with Crippen LogP contribution in [0.2, 0.25) is 0 Å². The van der Waals surface area contributed by atoms with Crippen LogP contribution in [0.4, 0.5) is 10.6 Å². The fraction of sp³-hybridized carbons (Fsp3) is 0.455. The Morgan fingerprint density at radius 1 is 1.53 bits per heavy atom. The smallest absolute Gasteiger partial charge is 0.415 e. The lowest BCUT2D eigenvalue weighted by molar-refractivity contribution is 0.181. The van der Waals surface area contributed by atoms with Crippen LogP contribution in [-0.2, 0) is 4.74 Å². The second-order valence-corrected chi connectivity index (χ2v) is 3.87. The van der Waals surface area contributed by atoms with Crippen LogP contribution in [0.15, 0.2) is 18.3 Å². The summed E-state index contributed by atoms with van der Waals surface area (Å²) in [6, 6.07) is 3.91. The normalized spacial score (nSPS) is 15.9. The van der Waals surface area contributed by atoms with Gasteiger partial charge in [0.05, 0.1) is 6.54 Å². The molecule has 0 aliphatic carbocycles. The Labute approximate surface area is 88.9 Å². The Morgan fingerprint density at radius 2 is 2.33 bits per heavy atom. The molecular formula is C11H14N2O2. The van der Waals surface area contributed by atoms with E-state index < -0.39 is 0 Å². The Morgan fingerprint density at radius 3 is 2.93 bits per heavy atom. The van der Waals surface area contributed by atoms with Crippen molar-refractivity contribution in [1.82, 2.24) is 4.98 Å². The van der Waals surface area contributed by atoms with E-state index in [9.17, 15) is 4.79 Å². The first kappa shape index (κ1) is 9.96. The first-order valence-corrected chi connectivity index (χ1v) is 5.08. The van der Waals surface area contributed by atoms with Crippen molar-refractivity contribution in [2.75, 3.05) is 18.1 Å². The molecule has 1 aliphatic rings. The second kappa shape index (κ2) is 3.88. The SMILES string of the molecule is CC(C)c1ccnc(N2CCOC2=O)c1. The molecular weight excluding hydrogens is 192 g/mol. The van der Waals surface area contributed by atoms with Crippen LogP contribution in [0, 0.1) is 0 Å². The largest absolute Gasteiger partial charge is 0.447 e. The summed E-state index contributed by atoms with van der Waals surface area (Å²) in [6.07, 6.45) is 1.43. The monoisotopic (exact) mass is 206 g/mol. The number of hydrogen-bond acceptors (Lipinski definition) is 3. The molecule has 80 valence electrons. The van der Waals surface area contributed by atoms with Crippen molar-refractivity contribution in [3.63, 3.8) is 0 Å². The Bertz CT molecular complexity index is 377. The summed E-state index contributed by atoms with van der Waals surface area (Å²) < 4.78 is 4.87. The molecule has 4 heteroatoms. The average molecular weight is 206 g/mol. The molecule has 0 unspecified atom stereocenters. The van der Waals surface area contributed by atoms with E-state index in [1.165, 1.54) is 5.56 Å². The number of amides is 1. The summed E-state index contributed by atoms with van der Waals surface area (Å²) in [7, 11) is 0. The van der Waals surface area contributed by atoms with E-state index in [0.29, 0.717) is 24.9 Å². The summed E-state index contributed by atoms with van der Waals surface area (Å²) in [5.74, 6) is 1.12. The third-order valence-electron chi connectivity index (χ3n) is 2.47. The quantitative estimate of drug-likeness (QED) is 0.744. The summed E-state index contributed by atoms with van der Waals surface area (Å²) in [5.41, 5.74) is 1.18. The lowest BCUT2D eigenvalue weighted by atomic mass is 10.1. The van der Waals surface area contributed by atoms with Gasteiger partial charge in [0.25, 0.3) is 0 Å². The lowest BCUT2D eigenvalue weighted by Gasteiger charge is -2.13. The fourth-order valence-corrected chi connectivity index (χ4v) is 1.54. The molecule has 1 aromatic heterocycles. The first-order chi connectivity index (χ1) is 7.18. The van der Waals surface area contributed by atoms with E-state index in [4.69, 9.17) is 4.74 Å². The molecule has 2 rings (SSSR count). The van der Waals surface area contributed by atoms with Crippen LogP contribution in [0.1, 0.15) is 25.3 Å². The zero-order chi connectivity index (χ0) is 10.8. The third kappa shape index (κ3) is 1.93. The van der Waals surface area contributed by atoms with E-state index in [1.807, 2.05) is 12.1 Å². The number of ether oxygens (including phenoxy) is 1. The summed E-state index contributed by atoms with van der Waals surface area (Å²) >= 11 is 0. The van der Waals surface area contributed by atoms with Crippen LogP contribution in [0.5, 0.6) is 0 Å². The predicted octanol–water partition coefficient (Wildman–Crippen LogP) is 2.16. The van der Waals surface area contributed by atoms with Crippen LogP contribution < -0.4 is 4.90 Å². The van der Waals surface area contributed by atoms with Gasteiger partial charge in [0.1, 0.15) is 12.4 Å². The number of carbonyl (C=O) groups is 1. The van der Waals surface area contributed by atoms with Crippen LogP contribution >= 0.6 is 0 Å². The molecule has 0 radical (unpaired) electrons. The summed E-state index contributed by atoms with van der Waals surface area (Å²) in [6.45, 7) is 5.27. The van der Waals surface area contributed by atoms with Gasteiger partial charge in [-0.1, -0.05) is 13.8 Å². The number of rotatable bonds is 2. The standard InChI is InChI=1S/C11H14N2O2/c1-8(2)9-3-4-12-10(7-9)13-5-6-15-11(13)14/h3-4,7-8H,5-6H2,1-2H3. The van der Waals surface area contributed by atoms with Crippen LogP contribution in [0.25, 0.3) is 0 Å². The third-order valence-corrected chi connectivity index (χ3v) is 2.47. The van der Waals surface area contributed by atoms with E-state index in [-0.39, 0.29) is 6.09 Å². The molecule has 1 aliphatic heterocycles. The Kier molecular flexibility index (Phi) is 2.58. The predicted molar refractivity (Wildman–Crippen MR) is 57.0 cm³/mol. The molecule has 1 saturated heterocycles. The zero-order valence-electron chi connectivity index (χ0n) is 8.93. The summed E-state index contributed by atoms with van der Waals surface area (Å²) in [4.78, 5) is 17.1. The van der Waals surface area contributed by atoms with Crippen molar-refractivity contribution in [3.05, 3.63) is 23.9 Å². The molecule has 0 bridgehead atoms. The molecule has 15 heavy (non-hydrogen) atoms. The highest BCUT2D eigenvalue weighted by Gasteiger charge is 2.24.